The smallest absolute Gasteiger partial charge is 0.413 e. The topological polar surface area (TPSA) is 64.1 Å². The van der Waals surface area contributed by atoms with Crippen molar-refractivity contribution in [2.24, 2.45) is 0 Å². The molecule has 1 N–H and O–H groups in total. The number of ether oxygens (including phenoxy) is 1. The van der Waals surface area contributed by atoms with Crippen molar-refractivity contribution in [3.63, 3.8) is 0 Å². The number of nitrogens with one attached hydrogen (secondary N) is 1. The van der Waals surface area contributed by atoms with Crippen LogP contribution in [0.25, 0.3) is 0 Å². The van der Waals surface area contributed by atoms with Crippen LogP contribution < -0.4 is 10.1 Å². The Morgan fingerprint density at radius 3 is 2.46 bits per heavy atom. The largest absolute Gasteiger partial charge is 0.434 e. The Morgan fingerprint density at radius 2 is 1.88 bits per heavy atom. The first-order valence-corrected chi connectivity index (χ1v) is 6.46. The number of hydrogen-bond acceptors (Lipinski definition) is 4. The minimum Gasteiger partial charge on any atom is -0.434 e. The van der Waals surface area contributed by atoms with Gasteiger partial charge in [0.25, 0.3) is 5.91 Å². The molecule has 0 saturated heterocycles. The first-order valence-electron chi connectivity index (χ1n) is 6.46. The lowest BCUT2D eigenvalue weighted by Gasteiger charge is -2.23. The Hall–Kier alpha value is -2.78. The average molecular weight is 347 g/mol. The summed E-state index contributed by atoms with van der Waals surface area (Å²) in [6.07, 6.45) is -1.60. The number of carbonyl (C=O) groups is 1. The van der Waals surface area contributed by atoms with Gasteiger partial charge in [-0.1, -0.05) is 18.2 Å². The maximum atomic E-state index is 13.3. The predicted octanol–water partition coefficient (Wildman–Crippen LogP) is 3.11. The van der Waals surface area contributed by atoms with E-state index in [2.05, 4.69) is 14.7 Å². The second-order valence-electron chi connectivity index (χ2n) is 4.46. The van der Waals surface area contributed by atoms with Gasteiger partial charge in [-0.15, -0.1) is 0 Å². The Morgan fingerprint density at radius 1 is 1.17 bits per heavy atom. The summed E-state index contributed by atoms with van der Waals surface area (Å²) in [4.78, 5) is 19.1. The zero-order valence-electron chi connectivity index (χ0n) is 11.8. The highest BCUT2D eigenvalue weighted by atomic mass is 19.4. The number of aromatic nitrogens is 2. The van der Waals surface area contributed by atoms with Crippen molar-refractivity contribution >= 4 is 5.91 Å². The van der Waals surface area contributed by atoms with Gasteiger partial charge in [-0.05, 0) is 6.07 Å². The average Bonchev–Trinajstić information content (AvgIpc) is 2.52. The molecule has 0 aliphatic heterocycles. The summed E-state index contributed by atoms with van der Waals surface area (Å²) in [5.41, 5.74) is -0.999. The number of benzene rings is 1. The third-order valence-corrected chi connectivity index (χ3v) is 2.84. The van der Waals surface area contributed by atoms with Crippen LogP contribution in [0.15, 0.2) is 42.9 Å². The van der Waals surface area contributed by atoms with Crippen LogP contribution in [0.3, 0.4) is 0 Å². The number of hydrogen-bond donors (Lipinski definition) is 1. The van der Waals surface area contributed by atoms with E-state index < -0.39 is 36.0 Å². The molecule has 0 fully saturated rings. The van der Waals surface area contributed by atoms with Gasteiger partial charge in [-0.3, -0.25) is 9.78 Å². The summed E-state index contributed by atoms with van der Waals surface area (Å²) in [5.74, 6) is -1.84. The number of amides is 1. The first kappa shape index (κ1) is 17.6. The monoisotopic (exact) mass is 347 g/mol. The highest BCUT2D eigenvalue weighted by molar-refractivity contribution is 5.92. The molecule has 1 unspecified atom stereocenters. The van der Waals surface area contributed by atoms with E-state index in [4.69, 9.17) is 0 Å². The third kappa shape index (κ3) is 4.37. The molecule has 10 heteroatoms. The number of carbonyl (C=O) groups excluding carboxylic acids is 1. The quantitative estimate of drug-likeness (QED) is 0.844. The Bertz CT molecular complexity index is 694. The molecule has 0 radical (unpaired) electrons. The molecule has 1 atom stereocenters. The fourth-order valence-electron chi connectivity index (χ4n) is 1.88. The van der Waals surface area contributed by atoms with E-state index in [1.165, 1.54) is 18.3 Å². The second kappa shape index (κ2) is 7.20. The van der Waals surface area contributed by atoms with Gasteiger partial charge in [0.05, 0.1) is 6.20 Å². The number of alkyl halides is 5. The molecule has 1 aromatic heterocycles. The summed E-state index contributed by atoms with van der Waals surface area (Å²) in [6, 6.07) is 1.78. The zero-order valence-corrected chi connectivity index (χ0v) is 11.8. The predicted molar refractivity (Wildman–Crippen MR) is 71.4 cm³/mol. The van der Waals surface area contributed by atoms with Crippen molar-refractivity contribution in [1.29, 1.82) is 0 Å². The van der Waals surface area contributed by atoms with Gasteiger partial charge in [0, 0.05) is 18.0 Å². The van der Waals surface area contributed by atoms with E-state index in [-0.39, 0.29) is 5.69 Å². The standard InChI is InChI=1S/C14H10F5N3O2/c15-13(16)24-10-4-2-1-3-8(10)11(14(17,18)19)22-12(23)9-7-20-5-6-21-9/h1-7,11,13H,(H,22,23). The number of rotatable bonds is 5. The summed E-state index contributed by atoms with van der Waals surface area (Å²) in [6.45, 7) is -3.31. The van der Waals surface area contributed by atoms with E-state index in [1.54, 1.807) is 5.32 Å². The molecule has 5 nitrogen and oxygen atoms in total. The summed E-state index contributed by atoms with van der Waals surface area (Å²) < 4.78 is 68.8. The van der Waals surface area contributed by atoms with Crippen molar-refractivity contribution in [3.8, 4) is 5.75 Å². The molecule has 1 aromatic carbocycles. The van der Waals surface area contributed by atoms with Crippen molar-refractivity contribution in [3.05, 3.63) is 54.1 Å². The van der Waals surface area contributed by atoms with Gasteiger partial charge in [0.2, 0.25) is 0 Å². The highest BCUT2D eigenvalue weighted by Gasteiger charge is 2.43. The van der Waals surface area contributed by atoms with Crippen molar-refractivity contribution in [2.75, 3.05) is 0 Å². The third-order valence-electron chi connectivity index (χ3n) is 2.84. The van der Waals surface area contributed by atoms with Gasteiger partial charge in [-0.2, -0.15) is 22.0 Å². The molecule has 2 aromatic rings. The Kier molecular flexibility index (Phi) is 5.27. The first-order chi connectivity index (χ1) is 11.3. The normalized spacial score (nSPS) is 12.8. The van der Waals surface area contributed by atoms with Crippen LogP contribution >= 0.6 is 0 Å². The molecule has 0 aliphatic rings. The minimum atomic E-state index is -4.94. The lowest BCUT2D eigenvalue weighted by atomic mass is 10.0. The summed E-state index contributed by atoms with van der Waals surface area (Å²) in [7, 11) is 0. The molecule has 0 saturated carbocycles. The van der Waals surface area contributed by atoms with Crippen LogP contribution in [0.1, 0.15) is 22.1 Å². The van der Waals surface area contributed by atoms with Crippen molar-refractivity contribution < 1.29 is 31.5 Å². The van der Waals surface area contributed by atoms with E-state index in [1.807, 2.05) is 0 Å². The van der Waals surface area contributed by atoms with Crippen LogP contribution in [-0.4, -0.2) is 28.7 Å². The van der Waals surface area contributed by atoms with Gasteiger partial charge >= 0.3 is 12.8 Å². The molecular formula is C14H10F5N3O2. The molecule has 0 spiro atoms. The van der Waals surface area contributed by atoms with Gasteiger partial charge in [-0.25, -0.2) is 4.98 Å². The molecule has 0 aliphatic carbocycles. The lowest BCUT2D eigenvalue weighted by molar-refractivity contribution is -0.156. The van der Waals surface area contributed by atoms with E-state index in [0.29, 0.717) is 0 Å². The summed E-state index contributed by atoms with van der Waals surface area (Å²) >= 11 is 0. The number of halogens is 5. The van der Waals surface area contributed by atoms with Gasteiger partial charge < -0.3 is 10.1 Å². The van der Waals surface area contributed by atoms with Gasteiger partial charge in [0.1, 0.15) is 11.4 Å². The highest BCUT2D eigenvalue weighted by Crippen LogP contribution is 2.37. The van der Waals surface area contributed by atoms with Gasteiger partial charge in [0.15, 0.2) is 6.04 Å². The van der Waals surface area contributed by atoms with E-state index in [0.717, 1.165) is 24.5 Å². The maximum absolute atomic E-state index is 13.3. The van der Waals surface area contributed by atoms with Crippen LogP contribution in [0.4, 0.5) is 22.0 Å². The summed E-state index contributed by atoms with van der Waals surface area (Å²) in [5, 5.41) is 1.71. The minimum absolute atomic E-state index is 0.348. The number of nitrogens with zero attached hydrogens (tertiary/aromatic N) is 2. The van der Waals surface area contributed by atoms with Crippen molar-refractivity contribution in [2.45, 2.75) is 18.8 Å². The second-order valence-corrected chi connectivity index (χ2v) is 4.46. The zero-order chi connectivity index (χ0) is 17.7. The fraction of sp³-hybridized carbons (Fsp3) is 0.214. The lowest BCUT2D eigenvalue weighted by Crippen LogP contribution is -2.38. The van der Waals surface area contributed by atoms with Crippen LogP contribution in [0.2, 0.25) is 0 Å². The molecule has 1 heterocycles. The van der Waals surface area contributed by atoms with E-state index >= 15 is 0 Å². The number of para-hydroxylation sites is 1. The van der Waals surface area contributed by atoms with Crippen LogP contribution in [0.5, 0.6) is 5.75 Å². The maximum Gasteiger partial charge on any atom is 0.413 e. The molecular weight excluding hydrogens is 337 g/mol. The molecule has 1 amide bonds. The van der Waals surface area contributed by atoms with Crippen LogP contribution in [0, 0.1) is 0 Å². The molecule has 2 rings (SSSR count). The van der Waals surface area contributed by atoms with Crippen LogP contribution in [-0.2, 0) is 0 Å². The Labute approximate surface area is 132 Å². The Balaban J connectivity index is 2.35. The SMILES string of the molecule is O=C(NC(c1ccccc1OC(F)F)C(F)(F)F)c1cnccn1. The van der Waals surface area contributed by atoms with Crippen molar-refractivity contribution in [1.82, 2.24) is 15.3 Å². The molecule has 128 valence electrons. The van der Waals surface area contributed by atoms with E-state index in [9.17, 15) is 26.7 Å². The fourth-order valence-corrected chi connectivity index (χ4v) is 1.88. The molecule has 0 bridgehead atoms. The molecule has 24 heavy (non-hydrogen) atoms.